The molecule has 2 aliphatic heterocycles. The fraction of sp³-hybridized carbons (Fsp3) is 0.560. The zero-order valence-corrected chi connectivity index (χ0v) is 19.4. The molecule has 7 heteroatoms. The van der Waals surface area contributed by atoms with Crippen molar-refractivity contribution in [2.75, 3.05) is 33.3 Å². The van der Waals surface area contributed by atoms with Crippen LogP contribution in [-0.2, 0) is 14.3 Å². The smallest absolute Gasteiger partial charge is 0.330 e. The number of nitrogens with zero attached hydrogens (tertiary/aromatic N) is 2. The van der Waals surface area contributed by atoms with E-state index in [2.05, 4.69) is 17.0 Å². The third kappa shape index (κ3) is 4.95. The average Bonchev–Trinajstić information content (AvgIpc) is 3.25. The summed E-state index contributed by atoms with van der Waals surface area (Å²) in [5, 5.41) is 9.58. The van der Waals surface area contributed by atoms with Crippen molar-refractivity contribution in [2.45, 2.75) is 55.0 Å². The molecule has 0 aromatic heterocycles. The summed E-state index contributed by atoms with van der Waals surface area (Å²) in [4.78, 5) is 16.8. The van der Waals surface area contributed by atoms with Gasteiger partial charge in [-0.2, -0.15) is 0 Å². The quantitative estimate of drug-likeness (QED) is 0.595. The molecular weight excluding hydrogens is 428 g/mol. The third-order valence-corrected chi connectivity index (χ3v) is 7.36. The first kappa shape index (κ1) is 23.5. The van der Waals surface area contributed by atoms with Crippen LogP contribution < -0.4 is 0 Å². The summed E-state index contributed by atoms with van der Waals surface area (Å²) in [7, 11) is 1.87. The van der Waals surface area contributed by atoms with Gasteiger partial charge < -0.3 is 14.6 Å². The van der Waals surface area contributed by atoms with Gasteiger partial charge in [0.05, 0.1) is 11.5 Å². The maximum atomic E-state index is 12.5. The number of aliphatic carboxylic acids is 1. The van der Waals surface area contributed by atoms with Gasteiger partial charge in [-0.3, -0.25) is 9.80 Å². The monoisotopic (exact) mass is 460 g/mol. The van der Waals surface area contributed by atoms with Crippen molar-refractivity contribution < 1.29 is 19.4 Å². The molecule has 174 valence electrons. The molecule has 0 bridgehead atoms. The first-order chi connectivity index (χ1) is 15.5. The fourth-order valence-electron chi connectivity index (χ4n) is 4.99. The number of hydrogen-bond acceptors (Lipinski definition) is 5. The van der Waals surface area contributed by atoms with Crippen LogP contribution in [0.5, 0.6) is 0 Å². The highest BCUT2D eigenvalue weighted by Crippen LogP contribution is 2.36. The average molecular weight is 461 g/mol. The van der Waals surface area contributed by atoms with Crippen LogP contribution in [-0.4, -0.2) is 77.5 Å². The maximum Gasteiger partial charge on any atom is 0.330 e. The highest BCUT2D eigenvalue weighted by Gasteiger charge is 2.49. The predicted octanol–water partition coefficient (Wildman–Crippen LogP) is 3.83. The van der Waals surface area contributed by atoms with E-state index in [9.17, 15) is 9.90 Å². The Balaban J connectivity index is 1.51. The number of alkyl halides is 1. The van der Waals surface area contributed by atoms with E-state index in [1.54, 1.807) is 24.3 Å². The SMILES string of the molecule is CN([C@H](CN1CC[C@H](OC2CCCCO2)C1)c1ccccc1)C1(C(=O)O)C=CC=CC1Cl. The van der Waals surface area contributed by atoms with Gasteiger partial charge in [0.1, 0.15) is 0 Å². The number of rotatable bonds is 8. The first-order valence-corrected chi connectivity index (χ1v) is 11.9. The Bertz CT molecular complexity index is 826. The molecule has 1 N–H and O–H groups in total. The van der Waals surface area contributed by atoms with Crippen molar-refractivity contribution in [3.8, 4) is 0 Å². The Hall–Kier alpha value is -1.70. The summed E-state index contributed by atoms with van der Waals surface area (Å²) < 4.78 is 12.0. The van der Waals surface area contributed by atoms with E-state index in [4.69, 9.17) is 21.1 Å². The second-order valence-electron chi connectivity index (χ2n) is 8.92. The second-order valence-corrected chi connectivity index (χ2v) is 9.39. The number of likely N-dealkylation sites (tertiary alicyclic amines) is 1. The van der Waals surface area contributed by atoms with Crippen molar-refractivity contribution in [1.82, 2.24) is 9.80 Å². The molecule has 2 saturated heterocycles. The number of halogens is 1. The molecule has 4 rings (SSSR count). The van der Waals surface area contributed by atoms with E-state index in [-0.39, 0.29) is 18.4 Å². The van der Waals surface area contributed by atoms with Gasteiger partial charge in [0.2, 0.25) is 0 Å². The van der Waals surface area contributed by atoms with E-state index in [1.165, 1.54) is 0 Å². The molecule has 0 saturated carbocycles. The molecule has 6 nitrogen and oxygen atoms in total. The number of likely N-dealkylation sites (N-methyl/N-ethyl adjacent to an activating group) is 1. The third-order valence-electron chi connectivity index (χ3n) is 6.88. The van der Waals surface area contributed by atoms with Crippen LogP contribution in [0.2, 0.25) is 0 Å². The van der Waals surface area contributed by atoms with Gasteiger partial charge in [-0.1, -0.05) is 54.6 Å². The standard InChI is InChI=1S/C25H33ClN2O4/c1-27(25(24(29)30)14-7-5-11-22(25)26)21(19-9-3-2-4-10-19)18-28-15-13-20(17-28)32-23-12-6-8-16-31-23/h2-5,7,9-11,14,20-23H,6,8,12-13,15-18H2,1H3,(H,29,30)/t20-,21+,22?,23?,25?/m0/s1. The van der Waals surface area contributed by atoms with Gasteiger partial charge >= 0.3 is 5.97 Å². The lowest BCUT2D eigenvalue weighted by Crippen LogP contribution is -2.60. The molecule has 1 aromatic rings. The number of hydrogen-bond donors (Lipinski definition) is 1. The van der Waals surface area contributed by atoms with Crippen LogP contribution in [0, 0.1) is 0 Å². The molecule has 0 radical (unpaired) electrons. The number of ether oxygens (including phenoxy) is 2. The van der Waals surface area contributed by atoms with E-state index < -0.39 is 16.9 Å². The Morgan fingerprint density at radius 2 is 2.12 bits per heavy atom. The Kier molecular flexibility index (Phi) is 7.69. The highest BCUT2D eigenvalue weighted by molar-refractivity contribution is 6.25. The number of carbonyl (C=O) groups is 1. The van der Waals surface area contributed by atoms with Crippen molar-refractivity contribution >= 4 is 17.6 Å². The predicted molar refractivity (Wildman–Crippen MR) is 125 cm³/mol. The van der Waals surface area contributed by atoms with Crippen molar-refractivity contribution in [3.05, 3.63) is 60.2 Å². The summed E-state index contributed by atoms with van der Waals surface area (Å²) >= 11 is 6.60. The molecule has 3 aliphatic rings. The fourth-order valence-corrected chi connectivity index (χ4v) is 5.40. The van der Waals surface area contributed by atoms with Crippen LogP contribution in [0.1, 0.15) is 37.3 Å². The van der Waals surface area contributed by atoms with Gasteiger partial charge in [-0.05, 0) is 38.3 Å². The van der Waals surface area contributed by atoms with Gasteiger partial charge in [-0.25, -0.2) is 4.79 Å². The largest absolute Gasteiger partial charge is 0.480 e. The molecule has 0 amide bonds. The summed E-state index contributed by atoms with van der Waals surface area (Å²) in [6, 6.07) is 9.94. The lowest BCUT2D eigenvalue weighted by molar-refractivity contribution is -0.185. The van der Waals surface area contributed by atoms with E-state index >= 15 is 0 Å². The summed E-state index contributed by atoms with van der Waals surface area (Å²) in [6.07, 6.45) is 11.3. The molecule has 5 atom stereocenters. The van der Waals surface area contributed by atoms with Crippen LogP contribution >= 0.6 is 11.6 Å². The van der Waals surface area contributed by atoms with Gasteiger partial charge in [0, 0.05) is 32.3 Å². The number of allylic oxidation sites excluding steroid dienone is 2. The normalized spacial score (nSPS) is 31.8. The van der Waals surface area contributed by atoms with E-state index in [1.807, 2.05) is 30.1 Å². The minimum absolute atomic E-state index is 0.0901. The topological polar surface area (TPSA) is 62.2 Å². The van der Waals surface area contributed by atoms with E-state index in [0.717, 1.165) is 50.9 Å². The van der Waals surface area contributed by atoms with Crippen LogP contribution in [0.25, 0.3) is 0 Å². The Morgan fingerprint density at radius 3 is 2.81 bits per heavy atom. The van der Waals surface area contributed by atoms with Gasteiger partial charge in [0.15, 0.2) is 11.8 Å². The van der Waals surface area contributed by atoms with Gasteiger partial charge in [0.25, 0.3) is 0 Å². The lowest BCUT2D eigenvalue weighted by Gasteiger charge is -2.44. The summed E-state index contributed by atoms with van der Waals surface area (Å²) in [5.74, 6) is -0.946. The number of carboxylic acids is 1. The minimum Gasteiger partial charge on any atom is -0.480 e. The molecule has 2 fully saturated rings. The van der Waals surface area contributed by atoms with Crippen LogP contribution in [0.15, 0.2) is 54.6 Å². The van der Waals surface area contributed by atoms with Crippen molar-refractivity contribution in [2.24, 2.45) is 0 Å². The Labute approximate surface area is 195 Å². The zero-order valence-electron chi connectivity index (χ0n) is 18.6. The van der Waals surface area contributed by atoms with Crippen molar-refractivity contribution in [3.63, 3.8) is 0 Å². The zero-order chi connectivity index (χ0) is 22.6. The highest BCUT2D eigenvalue weighted by atomic mass is 35.5. The molecule has 0 spiro atoms. The second kappa shape index (κ2) is 10.5. The molecular formula is C25H33ClN2O4. The van der Waals surface area contributed by atoms with Crippen LogP contribution in [0.3, 0.4) is 0 Å². The maximum absolute atomic E-state index is 12.5. The lowest BCUT2D eigenvalue weighted by atomic mass is 9.86. The minimum atomic E-state index is -1.32. The first-order valence-electron chi connectivity index (χ1n) is 11.5. The Morgan fingerprint density at radius 1 is 1.31 bits per heavy atom. The van der Waals surface area contributed by atoms with Crippen molar-refractivity contribution in [1.29, 1.82) is 0 Å². The molecule has 3 unspecified atom stereocenters. The number of carboxylic acid groups (broad SMARTS) is 1. The number of benzene rings is 1. The molecule has 2 heterocycles. The molecule has 1 aliphatic carbocycles. The summed E-state index contributed by atoms with van der Waals surface area (Å²) in [5.41, 5.74) is -0.245. The summed E-state index contributed by atoms with van der Waals surface area (Å²) in [6.45, 7) is 3.20. The van der Waals surface area contributed by atoms with Crippen LogP contribution in [0.4, 0.5) is 0 Å². The van der Waals surface area contributed by atoms with E-state index in [0.29, 0.717) is 6.54 Å². The van der Waals surface area contributed by atoms with Gasteiger partial charge in [-0.15, -0.1) is 11.6 Å². The molecule has 1 aromatic carbocycles. The molecule has 32 heavy (non-hydrogen) atoms.